The summed E-state index contributed by atoms with van der Waals surface area (Å²) in [7, 11) is 0. The third-order valence-electron chi connectivity index (χ3n) is 3.46. The zero-order valence-electron chi connectivity index (χ0n) is 11.3. The number of H-pyrrole nitrogens is 1. The van der Waals surface area contributed by atoms with Crippen molar-refractivity contribution < 1.29 is 14.7 Å². The number of carboxylic acid groups (broad SMARTS) is 1. The molecule has 1 aromatic heterocycles. The molecule has 2 rings (SSSR count). The van der Waals surface area contributed by atoms with Crippen molar-refractivity contribution >= 4 is 11.9 Å². The number of aromatic nitrogens is 2. The van der Waals surface area contributed by atoms with Gasteiger partial charge in [-0.05, 0) is 32.6 Å². The molecule has 0 unspecified atom stereocenters. The summed E-state index contributed by atoms with van der Waals surface area (Å²) in [5.74, 6) is -0.619. The van der Waals surface area contributed by atoms with Crippen molar-refractivity contribution in [2.45, 2.75) is 33.1 Å². The van der Waals surface area contributed by atoms with Gasteiger partial charge in [0.15, 0.2) is 0 Å². The lowest BCUT2D eigenvalue weighted by molar-refractivity contribution is -0.144. The Labute approximate surface area is 111 Å². The van der Waals surface area contributed by atoms with E-state index in [2.05, 4.69) is 10.2 Å². The predicted octanol–water partition coefficient (Wildman–Crippen LogP) is 0.892. The molecular weight excluding hydrogens is 246 g/mol. The third-order valence-corrected chi connectivity index (χ3v) is 3.46. The Bertz CT molecular complexity index is 472. The van der Waals surface area contributed by atoms with Gasteiger partial charge >= 0.3 is 5.97 Å². The SMILES string of the molecule is Cc1n[nH]c(C)c1CC(=O)N(CC(=O)O)CC1CC1. The number of aromatic amines is 1. The van der Waals surface area contributed by atoms with E-state index < -0.39 is 5.97 Å². The summed E-state index contributed by atoms with van der Waals surface area (Å²) < 4.78 is 0. The highest BCUT2D eigenvalue weighted by atomic mass is 16.4. The molecule has 1 aliphatic carbocycles. The van der Waals surface area contributed by atoms with Gasteiger partial charge in [0, 0.05) is 17.8 Å². The van der Waals surface area contributed by atoms with Crippen LogP contribution >= 0.6 is 0 Å². The van der Waals surface area contributed by atoms with Crippen LogP contribution in [-0.2, 0) is 16.0 Å². The molecule has 1 amide bonds. The number of nitrogens with zero attached hydrogens (tertiary/aromatic N) is 2. The minimum absolute atomic E-state index is 0.137. The maximum atomic E-state index is 12.2. The molecule has 2 N–H and O–H groups in total. The van der Waals surface area contributed by atoms with Crippen LogP contribution in [0.2, 0.25) is 0 Å². The highest BCUT2D eigenvalue weighted by Gasteiger charge is 2.28. The standard InChI is InChI=1S/C13H19N3O3/c1-8-11(9(2)15-14-8)5-12(17)16(7-13(18)19)6-10-3-4-10/h10H,3-7H2,1-2H3,(H,14,15)(H,18,19). The number of hydrogen-bond acceptors (Lipinski definition) is 3. The molecule has 0 aliphatic heterocycles. The zero-order valence-corrected chi connectivity index (χ0v) is 11.3. The van der Waals surface area contributed by atoms with Gasteiger partial charge in [-0.25, -0.2) is 0 Å². The van der Waals surface area contributed by atoms with Crippen molar-refractivity contribution in [2.24, 2.45) is 5.92 Å². The Balaban J connectivity index is 2.03. The molecule has 1 saturated carbocycles. The number of carbonyl (C=O) groups is 2. The molecular formula is C13H19N3O3. The fraction of sp³-hybridized carbons (Fsp3) is 0.615. The second kappa shape index (κ2) is 5.42. The molecule has 0 aromatic carbocycles. The van der Waals surface area contributed by atoms with Gasteiger partial charge in [-0.1, -0.05) is 0 Å². The minimum Gasteiger partial charge on any atom is -0.480 e. The summed E-state index contributed by atoms with van der Waals surface area (Å²) in [4.78, 5) is 24.5. The summed E-state index contributed by atoms with van der Waals surface area (Å²) in [6.07, 6.45) is 2.40. The molecule has 6 heteroatoms. The van der Waals surface area contributed by atoms with E-state index >= 15 is 0 Å². The molecule has 0 spiro atoms. The van der Waals surface area contributed by atoms with Crippen LogP contribution < -0.4 is 0 Å². The van der Waals surface area contributed by atoms with Crippen molar-refractivity contribution in [3.05, 3.63) is 17.0 Å². The van der Waals surface area contributed by atoms with Crippen LogP contribution in [-0.4, -0.2) is 45.2 Å². The lowest BCUT2D eigenvalue weighted by Crippen LogP contribution is -2.38. The minimum atomic E-state index is -0.963. The van der Waals surface area contributed by atoms with Gasteiger partial charge in [0.2, 0.25) is 5.91 Å². The molecule has 1 aliphatic rings. The quantitative estimate of drug-likeness (QED) is 0.800. The van der Waals surface area contributed by atoms with Crippen molar-refractivity contribution in [3.8, 4) is 0 Å². The van der Waals surface area contributed by atoms with Crippen LogP contribution in [0.3, 0.4) is 0 Å². The number of carboxylic acids is 1. The monoisotopic (exact) mass is 265 g/mol. The maximum Gasteiger partial charge on any atom is 0.323 e. The van der Waals surface area contributed by atoms with E-state index in [1.54, 1.807) is 0 Å². The van der Waals surface area contributed by atoms with Gasteiger partial charge in [0.05, 0.1) is 12.1 Å². The van der Waals surface area contributed by atoms with E-state index in [-0.39, 0.29) is 18.9 Å². The first kappa shape index (κ1) is 13.6. The second-order valence-electron chi connectivity index (χ2n) is 5.20. The molecule has 104 valence electrons. The van der Waals surface area contributed by atoms with Crippen LogP contribution in [0.25, 0.3) is 0 Å². The van der Waals surface area contributed by atoms with Crippen molar-refractivity contribution in [2.75, 3.05) is 13.1 Å². The fourth-order valence-electron chi connectivity index (χ4n) is 2.13. The summed E-state index contributed by atoms with van der Waals surface area (Å²) in [6, 6.07) is 0. The first-order chi connectivity index (χ1) is 8.97. The topological polar surface area (TPSA) is 86.3 Å². The van der Waals surface area contributed by atoms with E-state index in [4.69, 9.17) is 5.11 Å². The van der Waals surface area contributed by atoms with E-state index in [0.717, 1.165) is 29.8 Å². The van der Waals surface area contributed by atoms with Gasteiger partial charge < -0.3 is 10.0 Å². The van der Waals surface area contributed by atoms with Gasteiger partial charge in [-0.15, -0.1) is 0 Å². The summed E-state index contributed by atoms with van der Waals surface area (Å²) in [6.45, 7) is 4.05. The van der Waals surface area contributed by atoms with Crippen LogP contribution in [0.5, 0.6) is 0 Å². The second-order valence-corrected chi connectivity index (χ2v) is 5.20. The molecule has 6 nitrogen and oxygen atoms in total. The van der Waals surface area contributed by atoms with E-state index in [0.29, 0.717) is 12.5 Å². The van der Waals surface area contributed by atoms with Crippen LogP contribution in [0.15, 0.2) is 0 Å². The first-order valence-electron chi connectivity index (χ1n) is 6.47. The van der Waals surface area contributed by atoms with Gasteiger partial charge in [0.25, 0.3) is 0 Å². The Morgan fingerprint density at radius 1 is 1.42 bits per heavy atom. The van der Waals surface area contributed by atoms with E-state index in [1.807, 2.05) is 13.8 Å². The van der Waals surface area contributed by atoms with Crippen LogP contribution in [0.4, 0.5) is 0 Å². The van der Waals surface area contributed by atoms with E-state index in [9.17, 15) is 9.59 Å². The number of amides is 1. The Morgan fingerprint density at radius 3 is 2.58 bits per heavy atom. The molecule has 0 radical (unpaired) electrons. The van der Waals surface area contributed by atoms with Gasteiger partial charge in [-0.3, -0.25) is 14.7 Å². The molecule has 0 atom stereocenters. The van der Waals surface area contributed by atoms with Gasteiger partial charge in [0.1, 0.15) is 6.54 Å². The number of aliphatic carboxylic acids is 1. The lowest BCUT2D eigenvalue weighted by atomic mass is 10.1. The molecule has 1 heterocycles. The molecule has 0 saturated heterocycles. The molecule has 19 heavy (non-hydrogen) atoms. The van der Waals surface area contributed by atoms with Crippen molar-refractivity contribution in [3.63, 3.8) is 0 Å². The summed E-state index contributed by atoms with van der Waals surface area (Å²) in [5, 5.41) is 15.8. The smallest absolute Gasteiger partial charge is 0.323 e. The fourth-order valence-corrected chi connectivity index (χ4v) is 2.13. The molecule has 1 aromatic rings. The number of carbonyl (C=O) groups excluding carboxylic acids is 1. The normalized spacial score (nSPS) is 14.4. The predicted molar refractivity (Wildman–Crippen MR) is 68.7 cm³/mol. The maximum absolute atomic E-state index is 12.2. The number of hydrogen-bond donors (Lipinski definition) is 2. The highest BCUT2D eigenvalue weighted by Crippen LogP contribution is 2.29. The van der Waals surface area contributed by atoms with E-state index in [1.165, 1.54) is 4.90 Å². The summed E-state index contributed by atoms with van der Waals surface area (Å²) in [5.41, 5.74) is 2.54. The molecule has 0 bridgehead atoms. The Kier molecular flexibility index (Phi) is 3.87. The highest BCUT2D eigenvalue weighted by molar-refractivity contribution is 5.83. The van der Waals surface area contributed by atoms with Gasteiger partial charge in [-0.2, -0.15) is 5.10 Å². The average Bonchev–Trinajstić information content (AvgIpc) is 3.09. The summed E-state index contributed by atoms with van der Waals surface area (Å²) >= 11 is 0. The lowest BCUT2D eigenvalue weighted by Gasteiger charge is -2.20. The number of aryl methyl sites for hydroxylation is 2. The first-order valence-corrected chi connectivity index (χ1v) is 6.47. The van der Waals surface area contributed by atoms with Crippen LogP contribution in [0, 0.1) is 19.8 Å². The number of nitrogens with one attached hydrogen (secondary N) is 1. The Hall–Kier alpha value is -1.85. The van der Waals surface area contributed by atoms with Crippen LogP contribution in [0.1, 0.15) is 29.8 Å². The van der Waals surface area contributed by atoms with Crippen molar-refractivity contribution in [1.29, 1.82) is 0 Å². The number of rotatable bonds is 6. The van der Waals surface area contributed by atoms with Crippen molar-refractivity contribution in [1.82, 2.24) is 15.1 Å². The Morgan fingerprint density at radius 2 is 2.11 bits per heavy atom. The average molecular weight is 265 g/mol. The molecule has 1 fully saturated rings. The largest absolute Gasteiger partial charge is 0.480 e. The third kappa shape index (κ3) is 3.56. The zero-order chi connectivity index (χ0) is 14.0.